The number of hydrogen-bond donors (Lipinski definition) is 1. The van der Waals surface area contributed by atoms with Gasteiger partial charge in [0, 0.05) is 11.9 Å². The van der Waals surface area contributed by atoms with Gasteiger partial charge in [0.1, 0.15) is 0 Å². The van der Waals surface area contributed by atoms with Crippen LogP contribution in [0.4, 0.5) is 0 Å². The van der Waals surface area contributed by atoms with Gasteiger partial charge < -0.3 is 5.11 Å². The van der Waals surface area contributed by atoms with E-state index in [4.69, 9.17) is 5.11 Å². The van der Waals surface area contributed by atoms with Gasteiger partial charge in [-0.25, -0.2) is 4.79 Å². The van der Waals surface area contributed by atoms with E-state index in [1.54, 1.807) is 12.3 Å². The minimum absolute atomic E-state index is 0.295. The molecule has 0 aliphatic heterocycles. The van der Waals surface area contributed by atoms with Crippen molar-refractivity contribution >= 4 is 5.97 Å². The molecule has 0 aliphatic carbocycles. The number of benzene rings is 1. The van der Waals surface area contributed by atoms with Crippen molar-refractivity contribution in [3.8, 4) is 0 Å². The largest absolute Gasteiger partial charge is 0.478 e. The second kappa shape index (κ2) is 5.25. The molecule has 0 atom stereocenters. The zero-order valence-electron chi connectivity index (χ0n) is 9.34. The third-order valence-corrected chi connectivity index (χ3v) is 2.58. The fraction of sp³-hybridized carbons (Fsp3) is 0.143. The minimum atomic E-state index is -0.909. The Morgan fingerprint density at radius 2 is 1.88 bits per heavy atom. The number of carboxylic acids is 1. The van der Waals surface area contributed by atoms with Gasteiger partial charge in [-0.15, -0.1) is 0 Å². The zero-order valence-corrected chi connectivity index (χ0v) is 9.34. The fourth-order valence-electron chi connectivity index (χ4n) is 1.67. The molecule has 86 valence electrons. The van der Waals surface area contributed by atoms with Crippen LogP contribution in [0.3, 0.4) is 0 Å². The highest BCUT2D eigenvalue weighted by molar-refractivity contribution is 5.87. The zero-order chi connectivity index (χ0) is 12.1. The summed E-state index contributed by atoms with van der Waals surface area (Å²) in [7, 11) is 0. The van der Waals surface area contributed by atoms with Gasteiger partial charge in [0.2, 0.25) is 0 Å². The van der Waals surface area contributed by atoms with Crippen molar-refractivity contribution in [1.82, 2.24) is 4.98 Å². The monoisotopic (exact) mass is 227 g/mol. The van der Waals surface area contributed by atoms with Crippen LogP contribution in [0, 0.1) is 0 Å². The van der Waals surface area contributed by atoms with E-state index in [0.29, 0.717) is 5.56 Å². The maximum absolute atomic E-state index is 10.8. The number of carbonyl (C=O) groups is 1. The van der Waals surface area contributed by atoms with Gasteiger partial charge in [-0.2, -0.15) is 0 Å². The molecule has 0 aliphatic rings. The first-order valence-corrected chi connectivity index (χ1v) is 5.48. The van der Waals surface area contributed by atoms with Gasteiger partial charge in [-0.1, -0.05) is 30.3 Å². The van der Waals surface area contributed by atoms with Crippen LogP contribution in [0.5, 0.6) is 0 Å². The molecule has 1 aromatic heterocycles. The van der Waals surface area contributed by atoms with E-state index in [2.05, 4.69) is 17.1 Å². The van der Waals surface area contributed by atoms with Crippen molar-refractivity contribution in [1.29, 1.82) is 0 Å². The standard InChI is InChI=1S/C14H13NO2/c16-14(17)12-8-9-15-13(10-12)7-6-11-4-2-1-3-5-11/h1-5,8-10H,6-7H2,(H,16,17). The SMILES string of the molecule is O=C(O)c1ccnc(CCc2ccccc2)c1. The van der Waals surface area contributed by atoms with Crippen molar-refractivity contribution in [2.24, 2.45) is 0 Å². The van der Waals surface area contributed by atoms with E-state index in [0.717, 1.165) is 18.5 Å². The summed E-state index contributed by atoms with van der Waals surface area (Å²) in [5.74, 6) is -0.909. The Labute approximate surface area is 99.8 Å². The van der Waals surface area contributed by atoms with E-state index in [-0.39, 0.29) is 0 Å². The van der Waals surface area contributed by atoms with Gasteiger partial charge in [0.15, 0.2) is 0 Å². The third-order valence-electron chi connectivity index (χ3n) is 2.58. The van der Waals surface area contributed by atoms with Crippen molar-refractivity contribution < 1.29 is 9.90 Å². The Morgan fingerprint density at radius 1 is 1.12 bits per heavy atom. The predicted octanol–water partition coefficient (Wildman–Crippen LogP) is 2.57. The van der Waals surface area contributed by atoms with E-state index in [1.807, 2.05) is 18.2 Å². The molecule has 0 spiro atoms. The molecule has 1 heterocycles. The Bertz CT molecular complexity index is 509. The Morgan fingerprint density at radius 3 is 2.59 bits per heavy atom. The lowest BCUT2D eigenvalue weighted by Gasteiger charge is -2.02. The summed E-state index contributed by atoms with van der Waals surface area (Å²) in [4.78, 5) is 15.0. The highest BCUT2D eigenvalue weighted by Crippen LogP contribution is 2.07. The molecular formula is C14H13NO2. The molecule has 0 saturated carbocycles. The van der Waals surface area contributed by atoms with Crippen LogP contribution < -0.4 is 0 Å². The molecule has 2 rings (SSSR count). The molecule has 0 bridgehead atoms. The normalized spacial score (nSPS) is 10.1. The summed E-state index contributed by atoms with van der Waals surface area (Å²) in [5, 5.41) is 8.87. The van der Waals surface area contributed by atoms with Crippen molar-refractivity contribution in [3.63, 3.8) is 0 Å². The first-order chi connectivity index (χ1) is 8.25. The van der Waals surface area contributed by atoms with Crippen LogP contribution in [0.2, 0.25) is 0 Å². The highest BCUT2D eigenvalue weighted by atomic mass is 16.4. The van der Waals surface area contributed by atoms with Gasteiger partial charge in [-0.3, -0.25) is 4.98 Å². The first kappa shape index (κ1) is 11.3. The van der Waals surface area contributed by atoms with Crippen LogP contribution in [-0.2, 0) is 12.8 Å². The first-order valence-electron chi connectivity index (χ1n) is 5.48. The predicted molar refractivity (Wildman–Crippen MR) is 65.0 cm³/mol. The number of carboxylic acid groups (broad SMARTS) is 1. The van der Waals surface area contributed by atoms with E-state index >= 15 is 0 Å². The molecule has 0 saturated heterocycles. The molecule has 3 heteroatoms. The number of aromatic nitrogens is 1. The summed E-state index contributed by atoms with van der Waals surface area (Å²) in [6, 6.07) is 13.2. The van der Waals surface area contributed by atoms with E-state index in [1.165, 1.54) is 11.6 Å². The van der Waals surface area contributed by atoms with Crippen LogP contribution in [0.15, 0.2) is 48.7 Å². The third kappa shape index (κ3) is 3.14. The molecule has 0 unspecified atom stereocenters. The van der Waals surface area contributed by atoms with Crippen LogP contribution in [-0.4, -0.2) is 16.1 Å². The molecule has 0 radical (unpaired) electrons. The average molecular weight is 227 g/mol. The molecular weight excluding hydrogens is 214 g/mol. The Hall–Kier alpha value is -2.16. The van der Waals surface area contributed by atoms with Crippen molar-refractivity contribution in [3.05, 3.63) is 65.5 Å². The number of hydrogen-bond acceptors (Lipinski definition) is 2. The second-order valence-corrected chi connectivity index (χ2v) is 3.83. The summed E-state index contributed by atoms with van der Waals surface area (Å²) in [5.41, 5.74) is 2.34. The number of rotatable bonds is 4. The van der Waals surface area contributed by atoms with Gasteiger partial charge in [-0.05, 0) is 30.5 Å². The fourth-order valence-corrected chi connectivity index (χ4v) is 1.67. The lowest BCUT2D eigenvalue weighted by molar-refractivity contribution is 0.0696. The lowest BCUT2D eigenvalue weighted by Crippen LogP contribution is -2.00. The van der Waals surface area contributed by atoms with E-state index in [9.17, 15) is 4.79 Å². The maximum atomic E-state index is 10.8. The Kier molecular flexibility index (Phi) is 3.50. The average Bonchev–Trinajstić information content (AvgIpc) is 2.38. The molecule has 2 aromatic rings. The van der Waals surface area contributed by atoms with Crippen LogP contribution >= 0.6 is 0 Å². The maximum Gasteiger partial charge on any atom is 0.335 e. The molecule has 0 amide bonds. The number of aromatic carboxylic acids is 1. The number of pyridine rings is 1. The molecule has 3 nitrogen and oxygen atoms in total. The number of nitrogens with zero attached hydrogens (tertiary/aromatic N) is 1. The molecule has 1 aromatic carbocycles. The van der Waals surface area contributed by atoms with Crippen LogP contribution in [0.1, 0.15) is 21.6 Å². The van der Waals surface area contributed by atoms with Gasteiger partial charge in [0.25, 0.3) is 0 Å². The highest BCUT2D eigenvalue weighted by Gasteiger charge is 2.04. The summed E-state index contributed by atoms with van der Waals surface area (Å²) >= 11 is 0. The molecule has 0 fully saturated rings. The summed E-state index contributed by atoms with van der Waals surface area (Å²) < 4.78 is 0. The Balaban J connectivity index is 2.04. The van der Waals surface area contributed by atoms with Crippen molar-refractivity contribution in [2.75, 3.05) is 0 Å². The lowest BCUT2D eigenvalue weighted by atomic mass is 10.1. The topological polar surface area (TPSA) is 50.2 Å². The quantitative estimate of drug-likeness (QED) is 0.873. The smallest absolute Gasteiger partial charge is 0.335 e. The summed E-state index contributed by atoms with van der Waals surface area (Å²) in [6.07, 6.45) is 3.17. The van der Waals surface area contributed by atoms with Crippen LogP contribution in [0.25, 0.3) is 0 Å². The summed E-state index contributed by atoms with van der Waals surface area (Å²) in [6.45, 7) is 0. The number of aryl methyl sites for hydroxylation is 2. The molecule has 17 heavy (non-hydrogen) atoms. The molecule has 1 N–H and O–H groups in total. The van der Waals surface area contributed by atoms with Crippen molar-refractivity contribution in [2.45, 2.75) is 12.8 Å². The second-order valence-electron chi connectivity index (χ2n) is 3.83. The minimum Gasteiger partial charge on any atom is -0.478 e. The van der Waals surface area contributed by atoms with E-state index < -0.39 is 5.97 Å². The van der Waals surface area contributed by atoms with Gasteiger partial charge >= 0.3 is 5.97 Å². The van der Waals surface area contributed by atoms with Gasteiger partial charge in [0.05, 0.1) is 5.56 Å².